The van der Waals surface area contributed by atoms with Gasteiger partial charge >= 0.3 is 0 Å². The first-order chi connectivity index (χ1) is 9.29. The Balaban J connectivity index is 1.79. The molecule has 0 atom stereocenters. The largest absolute Gasteiger partial charge is 0.298 e. The zero-order chi connectivity index (χ0) is 13.5. The molecule has 4 heteroatoms. The normalized spacial score (nSPS) is 11.1. The van der Waals surface area contributed by atoms with Crippen molar-refractivity contribution in [3.05, 3.63) is 52.5 Å². The Morgan fingerprint density at radius 1 is 1.21 bits per heavy atom. The topological polar surface area (TPSA) is 3.24 Å². The highest BCUT2D eigenvalue weighted by Gasteiger charge is 2.06. The summed E-state index contributed by atoms with van der Waals surface area (Å²) in [4.78, 5) is 4.52. The fourth-order valence-electron chi connectivity index (χ4n) is 1.82. The van der Waals surface area contributed by atoms with Crippen LogP contribution in [0, 0.1) is 5.82 Å². The van der Waals surface area contributed by atoms with Crippen LogP contribution in [-0.4, -0.2) is 23.7 Å². The van der Waals surface area contributed by atoms with E-state index in [2.05, 4.69) is 29.3 Å². The number of thioether (sulfide) groups is 1. The molecule has 19 heavy (non-hydrogen) atoms. The Kier molecular flexibility index (Phi) is 5.89. The van der Waals surface area contributed by atoms with Gasteiger partial charge in [0.15, 0.2) is 0 Å². The molecule has 0 unspecified atom stereocenters. The Morgan fingerprint density at radius 3 is 2.74 bits per heavy atom. The number of hydrogen-bond donors (Lipinski definition) is 0. The molecule has 2 rings (SSSR count). The van der Waals surface area contributed by atoms with Gasteiger partial charge in [-0.05, 0) is 30.1 Å². The highest BCUT2D eigenvalue weighted by atomic mass is 32.2. The van der Waals surface area contributed by atoms with Crippen LogP contribution in [0.4, 0.5) is 4.39 Å². The minimum absolute atomic E-state index is 0.117. The molecular formula is C15H18FNS2. The van der Waals surface area contributed by atoms with E-state index in [-0.39, 0.29) is 5.82 Å². The third-order valence-corrected chi connectivity index (χ3v) is 4.80. The molecule has 1 heterocycles. The Morgan fingerprint density at radius 2 is 2.05 bits per heavy atom. The van der Waals surface area contributed by atoms with Crippen LogP contribution in [0.2, 0.25) is 0 Å². The molecule has 0 aliphatic heterocycles. The van der Waals surface area contributed by atoms with Gasteiger partial charge in [-0.25, -0.2) is 4.39 Å². The maximum Gasteiger partial charge on any atom is 0.136 e. The third-order valence-electron chi connectivity index (χ3n) is 2.91. The lowest BCUT2D eigenvalue weighted by Gasteiger charge is -2.19. The average molecular weight is 295 g/mol. The van der Waals surface area contributed by atoms with Crippen molar-refractivity contribution in [1.82, 2.24) is 4.90 Å². The van der Waals surface area contributed by atoms with E-state index < -0.39 is 0 Å². The van der Waals surface area contributed by atoms with Crippen molar-refractivity contribution in [3.8, 4) is 0 Å². The highest BCUT2D eigenvalue weighted by molar-refractivity contribution is 7.99. The van der Waals surface area contributed by atoms with Gasteiger partial charge in [-0.3, -0.25) is 4.90 Å². The van der Waals surface area contributed by atoms with Crippen molar-refractivity contribution >= 4 is 23.1 Å². The molecule has 102 valence electrons. The summed E-state index contributed by atoms with van der Waals surface area (Å²) in [5, 5.41) is 2.11. The third kappa shape index (κ3) is 4.64. The standard InChI is InChI=1S/C15H18FNS2/c1-2-17(12-13-6-5-10-18-13)9-11-19-15-8-4-3-7-14(15)16/h3-8,10H,2,9,11-12H2,1H3. The average Bonchev–Trinajstić information content (AvgIpc) is 2.92. The lowest BCUT2D eigenvalue weighted by Crippen LogP contribution is -2.24. The number of benzene rings is 1. The fraction of sp³-hybridized carbons (Fsp3) is 0.333. The first-order valence-electron chi connectivity index (χ1n) is 6.41. The summed E-state index contributed by atoms with van der Waals surface area (Å²) in [6, 6.07) is 11.2. The minimum atomic E-state index is -0.117. The Labute approximate surface area is 122 Å². The van der Waals surface area contributed by atoms with E-state index in [1.54, 1.807) is 29.2 Å². The van der Waals surface area contributed by atoms with E-state index in [9.17, 15) is 4.39 Å². The molecule has 0 saturated carbocycles. The van der Waals surface area contributed by atoms with Crippen LogP contribution in [0.15, 0.2) is 46.7 Å². The van der Waals surface area contributed by atoms with Gasteiger partial charge in [-0.15, -0.1) is 23.1 Å². The molecule has 0 bridgehead atoms. The molecule has 1 aromatic heterocycles. The molecule has 0 aliphatic rings. The second-order valence-electron chi connectivity index (χ2n) is 4.23. The number of nitrogens with zero attached hydrogens (tertiary/aromatic N) is 1. The second kappa shape index (κ2) is 7.68. The van der Waals surface area contributed by atoms with E-state index in [1.807, 2.05) is 12.1 Å². The lowest BCUT2D eigenvalue weighted by atomic mass is 10.3. The second-order valence-corrected chi connectivity index (χ2v) is 6.40. The molecule has 1 aromatic carbocycles. The summed E-state index contributed by atoms with van der Waals surface area (Å²) in [6.07, 6.45) is 0. The monoisotopic (exact) mass is 295 g/mol. The molecule has 0 N–H and O–H groups in total. The molecule has 0 amide bonds. The lowest BCUT2D eigenvalue weighted by molar-refractivity contribution is 0.301. The van der Waals surface area contributed by atoms with Crippen LogP contribution in [0.3, 0.4) is 0 Å². The number of hydrogen-bond acceptors (Lipinski definition) is 3. The highest BCUT2D eigenvalue weighted by Crippen LogP contribution is 2.21. The smallest absolute Gasteiger partial charge is 0.136 e. The molecule has 0 fully saturated rings. The summed E-state index contributed by atoms with van der Waals surface area (Å²) in [7, 11) is 0. The molecule has 0 aliphatic carbocycles. The van der Waals surface area contributed by atoms with Gasteiger partial charge in [0.25, 0.3) is 0 Å². The van der Waals surface area contributed by atoms with Crippen LogP contribution >= 0.6 is 23.1 Å². The van der Waals surface area contributed by atoms with Gasteiger partial charge in [0, 0.05) is 28.6 Å². The Hall–Kier alpha value is -0.840. The van der Waals surface area contributed by atoms with E-state index in [1.165, 1.54) is 10.9 Å². The van der Waals surface area contributed by atoms with Crippen molar-refractivity contribution in [2.45, 2.75) is 18.4 Å². The van der Waals surface area contributed by atoms with E-state index in [4.69, 9.17) is 0 Å². The zero-order valence-electron chi connectivity index (χ0n) is 11.0. The summed E-state index contributed by atoms with van der Waals surface area (Å²) >= 11 is 3.38. The predicted octanol–water partition coefficient (Wildman–Crippen LogP) is 4.50. The predicted molar refractivity (Wildman–Crippen MR) is 82.4 cm³/mol. The van der Waals surface area contributed by atoms with Crippen molar-refractivity contribution in [2.24, 2.45) is 0 Å². The van der Waals surface area contributed by atoms with Crippen LogP contribution in [-0.2, 0) is 6.54 Å². The van der Waals surface area contributed by atoms with Gasteiger partial charge in [0.1, 0.15) is 5.82 Å². The molecule has 0 saturated heterocycles. The molecule has 0 spiro atoms. The van der Waals surface area contributed by atoms with E-state index >= 15 is 0 Å². The fourth-order valence-corrected chi connectivity index (χ4v) is 3.51. The van der Waals surface area contributed by atoms with Gasteiger partial charge in [-0.1, -0.05) is 25.1 Å². The first-order valence-corrected chi connectivity index (χ1v) is 8.28. The van der Waals surface area contributed by atoms with E-state index in [0.717, 1.165) is 30.3 Å². The SMILES string of the molecule is CCN(CCSc1ccccc1F)Cc1cccs1. The summed E-state index contributed by atoms with van der Waals surface area (Å²) < 4.78 is 13.5. The van der Waals surface area contributed by atoms with Crippen LogP contribution in [0.25, 0.3) is 0 Å². The summed E-state index contributed by atoms with van der Waals surface area (Å²) in [6.45, 7) is 5.16. The van der Waals surface area contributed by atoms with Crippen molar-refractivity contribution in [3.63, 3.8) is 0 Å². The summed E-state index contributed by atoms with van der Waals surface area (Å²) in [5.41, 5.74) is 0. The molecule has 2 aromatic rings. The van der Waals surface area contributed by atoms with Crippen molar-refractivity contribution in [1.29, 1.82) is 0 Å². The van der Waals surface area contributed by atoms with Crippen molar-refractivity contribution < 1.29 is 4.39 Å². The molecule has 1 nitrogen and oxygen atoms in total. The van der Waals surface area contributed by atoms with Crippen molar-refractivity contribution in [2.75, 3.05) is 18.8 Å². The van der Waals surface area contributed by atoms with Gasteiger partial charge in [0.05, 0.1) is 0 Å². The van der Waals surface area contributed by atoms with Gasteiger partial charge in [-0.2, -0.15) is 0 Å². The maximum absolute atomic E-state index is 13.5. The van der Waals surface area contributed by atoms with Gasteiger partial charge < -0.3 is 0 Å². The van der Waals surface area contributed by atoms with Crippen LogP contribution < -0.4 is 0 Å². The number of rotatable bonds is 7. The Bertz CT molecular complexity index is 485. The summed E-state index contributed by atoms with van der Waals surface area (Å²) in [5.74, 6) is 0.800. The zero-order valence-corrected chi connectivity index (χ0v) is 12.6. The quantitative estimate of drug-likeness (QED) is 0.692. The number of halogens is 1. The van der Waals surface area contributed by atoms with Crippen LogP contribution in [0.1, 0.15) is 11.8 Å². The number of thiophene rings is 1. The maximum atomic E-state index is 13.5. The first kappa shape index (κ1) is 14.6. The van der Waals surface area contributed by atoms with E-state index in [0.29, 0.717) is 0 Å². The molecular weight excluding hydrogens is 277 g/mol. The van der Waals surface area contributed by atoms with Gasteiger partial charge in [0.2, 0.25) is 0 Å². The minimum Gasteiger partial charge on any atom is -0.298 e. The van der Waals surface area contributed by atoms with Crippen LogP contribution in [0.5, 0.6) is 0 Å². The molecule has 0 radical (unpaired) electrons.